The van der Waals surface area contributed by atoms with Crippen LogP contribution in [0.4, 0.5) is 10.1 Å². The lowest BCUT2D eigenvalue weighted by Gasteiger charge is -2.22. The van der Waals surface area contributed by atoms with Crippen molar-refractivity contribution in [3.8, 4) is 10.6 Å². The lowest BCUT2D eigenvalue weighted by molar-refractivity contribution is 0.299. The second-order valence-electron chi connectivity index (χ2n) is 6.04. The number of nitrogens with zero attached hydrogens (tertiary/aromatic N) is 2. The van der Waals surface area contributed by atoms with Gasteiger partial charge >= 0.3 is 0 Å². The van der Waals surface area contributed by atoms with Gasteiger partial charge in [-0.3, -0.25) is 0 Å². The fourth-order valence-electron chi connectivity index (χ4n) is 3.71. The van der Waals surface area contributed by atoms with E-state index in [1.54, 1.807) is 22.7 Å². The highest BCUT2D eigenvalue weighted by molar-refractivity contribution is 7.20. The van der Waals surface area contributed by atoms with E-state index in [0.29, 0.717) is 5.13 Å². The van der Waals surface area contributed by atoms with Crippen LogP contribution in [0, 0.1) is 11.8 Å². The summed E-state index contributed by atoms with van der Waals surface area (Å²) in [4.78, 5) is 8.20. The zero-order chi connectivity index (χ0) is 14.4. The smallest absolute Gasteiger partial charge is 0.182 e. The van der Waals surface area contributed by atoms with Gasteiger partial charge in [-0.05, 0) is 30.7 Å². The predicted molar refractivity (Wildman–Crippen MR) is 92.5 cm³/mol. The molecule has 1 aliphatic heterocycles. The Bertz CT molecular complexity index is 637. The molecule has 112 valence electrons. The van der Waals surface area contributed by atoms with Crippen LogP contribution >= 0.6 is 34.3 Å². The van der Waals surface area contributed by atoms with Gasteiger partial charge in [0.2, 0.25) is 0 Å². The number of halogens is 1. The van der Waals surface area contributed by atoms with Crippen molar-refractivity contribution in [1.82, 2.24) is 4.98 Å². The number of aromatic nitrogens is 1. The van der Waals surface area contributed by atoms with Crippen molar-refractivity contribution in [2.24, 2.45) is 11.8 Å². The monoisotopic (exact) mass is 339 g/mol. The highest BCUT2D eigenvalue weighted by Gasteiger charge is 2.36. The molecule has 2 aromatic heterocycles. The molecule has 2 aromatic rings. The predicted octanol–water partition coefficient (Wildman–Crippen LogP) is 4.73. The lowest BCUT2D eigenvalue weighted by Crippen LogP contribution is -2.19. The molecular weight excluding hydrogens is 322 g/mol. The van der Waals surface area contributed by atoms with Crippen molar-refractivity contribution in [2.75, 3.05) is 23.7 Å². The number of hydrogen-bond donors (Lipinski definition) is 1. The Hall–Kier alpha value is -0.780. The van der Waals surface area contributed by atoms with Crippen LogP contribution in [0.15, 0.2) is 11.4 Å². The highest BCUT2D eigenvalue weighted by Crippen LogP contribution is 2.45. The van der Waals surface area contributed by atoms with Crippen LogP contribution in [0.2, 0.25) is 5.02 Å². The largest absolute Gasteiger partial charge is 0.375 e. The number of hydrogen-bond acceptors (Lipinski definition) is 5. The van der Waals surface area contributed by atoms with E-state index < -0.39 is 0 Å². The average Bonchev–Trinajstić information content (AvgIpc) is 3.15. The minimum Gasteiger partial charge on any atom is -0.375 e. The molecule has 2 aliphatic rings. The Balaban J connectivity index is 1.66. The summed E-state index contributed by atoms with van der Waals surface area (Å²) in [6.45, 7) is 2.33. The lowest BCUT2D eigenvalue weighted by atomic mass is 9.82. The van der Waals surface area contributed by atoms with Crippen molar-refractivity contribution in [3.05, 3.63) is 16.5 Å². The maximum absolute atomic E-state index is 6.07. The number of rotatable bonds is 2. The average molecular weight is 340 g/mol. The first kappa shape index (κ1) is 13.9. The molecule has 2 atom stereocenters. The van der Waals surface area contributed by atoms with E-state index in [-0.39, 0.29) is 0 Å². The van der Waals surface area contributed by atoms with Gasteiger partial charge in [-0.2, -0.15) is 0 Å². The van der Waals surface area contributed by atoms with E-state index in [4.69, 9.17) is 17.3 Å². The van der Waals surface area contributed by atoms with Crippen LogP contribution in [0.3, 0.4) is 0 Å². The van der Waals surface area contributed by atoms with E-state index in [1.807, 2.05) is 11.4 Å². The molecule has 1 aliphatic carbocycles. The standard InChI is InChI=1S/C15H18ClN3S2/c16-11-5-12(20-8-11)13-14(21-15(17)18-13)19-6-9-3-1-2-4-10(9)7-19/h5,8-10H,1-4,6-7H2,(H2,17,18). The molecule has 2 fully saturated rings. The van der Waals surface area contributed by atoms with Crippen molar-refractivity contribution >= 4 is 44.4 Å². The first-order chi connectivity index (χ1) is 10.2. The first-order valence-corrected chi connectivity index (χ1v) is 9.54. The topological polar surface area (TPSA) is 42.1 Å². The van der Waals surface area contributed by atoms with Gasteiger partial charge in [0.1, 0.15) is 10.7 Å². The minimum absolute atomic E-state index is 0.652. The Morgan fingerprint density at radius 1 is 1.24 bits per heavy atom. The number of thiophene rings is 1. The Morgan fingerprint density at radius 2 is 1.95 bits per heavy atom. The van der Waals surface area contributed by atoms with Gasteiger partial charge in [0, 0.05) is 18.5 Å². The van der Waals surface area contributed by atoms with Gasteiger partial charge in [-0.15, -0.1) is 11.3 Å². The summed E-state index contributed by atoms with van der Waals surface area (Å²) < 4.78 is 0. The second-order valence-corrected chi connectivity index (χ2v) is 8.40. The molecule has 0 aromatic carbocycles. The third kappa shape index (κ3) is 2.56. The summed E-state index contributed by atoms with van der Waals surface area (Å²) in [5, 5.41) is 4.63. The summed E-state index contributed by atoms with van der Waals surface area (Å²) in [5.74, 6) is 1.73. The molecule has 4 rings (SSSR count). The SMILES string of the molecule is Nc1nc(-c2cc(Cl)cs2)c(N2CC3CCCCC3C2)s1. The van der Waals surface area contributed by atoms with Gasteiger partial charge in [-0.25, -0.2) is 4.98 Å². The molecule has 0 spiro atoms. The maximum atomic E-state index is 6.07. The molecule has 6 heteroatoms. The molecule has 3 nitrogen and oxygen atoms in total. The summed E-state index contributed by atoms with van der Waals surface area (Å²) >= 11 is 9.33. The molecular formula is C15H18ClN3S2. The van der Waals surface area contributed by atoms with Crippen molar-refractivity contribution in [2.45, 2.75) is 25.7 Å². The molecule has 21 heavy (non-hydrogen) atoms. The van der Waals surface area contributed by atoms with Crippen LogP contribution in [0.1, 0.15) is 25.7 Å². The third-order valence-corrected chi connectivity index (χ3v) is 6.92. The quantitative estimate of drug-likeness (QED) is 0.859. The molecule has 0 amide bonds. The summed E-state index contributed by atoms with van der Waals surface area (Å²) in [5.41, 5.74) is 7.01. The van der Waals surface area contributed by atoms with E-state index in [9.17, 15) is 0 Å². The van der Waals surface area contributed by atoms with Gasteiger partial charge in [0.25, 0.3) is 0 Å². The third-order valence-electron chi connectivity index (χ3n) is 4.69. The number of anilines is 2. The Kier molecular flexibility index (Phi) is 3.59. The molecule has 2 unspecified atom stereocenters. The van der Waals surface area contributed by atoms with E-state index in [2.05, 4.69) is 9.88 Å². The fourth-order valence-corrected chi connectivity index (χ4v) is 5.71. The number of nitrogens with two attached hydrogens (primary N) is 1. The molecule has 0 bridgehead atoms. The normalized spacial score (nSPS) is 25.3. The number of thiazole rings is 1. The van der Waals surface area contributed by atoms with Crippen LogP contribution in [-0.4, -0.2) is 18.1 Å². The molecule has 1 saturated carbocycles. The second kappa shape index (κ2) is 5.45. The zero-order valence-corrected chi connectivity index (χ0v) is 14.1. The van der Waals surface area contributed by atoms with E-state index >= 15 is 0 Å². The maximum Gasteiger partial charge on any atom is 0.182 e. The van der Waals surface area contributed by atoms with Crippen LogP contribution in [0.25, 0.3) is 10.6 Å². The summed E-state index contributed by atoms with van der Waals surface area (Å²) in [6, 6.07) is 1.99. The summed E-state index contributed by atoms with van der Waals surface area (Å²) in [7, 11) is 0. The van der Waals surface area contributed by atoms with Gasteiger partial charge in [0.05, 0.1) is 9.90 Å². The highest BCUT2D eigenvalue weighted by atomic mass is 35.5. The molecule has 1 saturated heterocycles. The summed E-state index contributed by atoms with van der Waals surface area (Å²) in [6.07, 6.45) is 5.56. The fraction of sp³-hybridized carbons (Fsp3) is 0.533. The Labute approximate surface area is 137 Å². The zero-order valence-electron chi connectivity index (χ0n) is 11.7. The van der Waals surface area contributed by atoms with E-state index in [0.717, 1.165) is 27.4 Å². The first-order valence-electron chi connectivity index (χ1n) is 7.46. The van der Waals surface area contributed by atoms with Crippen molar-refractivity contribution in [3.63, 3.8) is 0 Å². The van der Waals surface area contributed by atoms with Crippen LogP contribution in [0.5, 0.6) is 0 Å². The van der Waals surface area contributed by atoms with Crippen molar-refractivity contribution < 1.29 is 0 Å². The molecule has 2 N–H and O–H groups in total. The minimum atomic E-state index is 0.652. The molecule has 0 radical (unpaired) electrons. The van der Waals surface area contributed by atoms with E-state index in [1.165, 1.54) is 43.8 Å². The number of fused-ring (bicyclic) bond motifs is 1. The van der Waals surface area contributed by atoms with Crippen LogP contribution < -0.4 is 10.6 Å². The number of nitrogen functional groups attached to an aromatic ring is 1. The van der Waals surface area contributed by atoms with Crippen molar-refractivity contribution in [1.29, 1.82) is 0 Å². The van der Waals surface area contributed by atoms with Gasteiger partial charge in [0.15, 0.2) is 5.13 Å². The molecule has 3 heterocycles. The van der Waals surface area contributed by atoms with Crippen LogP contribution in [-0.2, 0) is 0 Å². The van der Waals surface area contributed by atoms with Gasteiger partial charge in [-0.1, -0.05) is 35.8 Å². The Morgan fingerprint density at radius 3 is 2.57 bits per heavy atom. The van der Waals surface area contributed by atoms with Gasteiger partial charge < -0.3 is 10.6 Å².